The van der Waals surface area contributed by atoms with Crippen molar-refractivity contribution in [1.29, 1.82) is 0 Å². The lowest BCUT2D eigenvalue weighted by atomic mass is 10.0. The lowest BCUT2D eigenvalue weighted by Gasteiger charge is -2.07. The maximum Gasteiger partial charge on any atom is 0.0187 e. The predicted molar refractivity (Wildman–Crippen MR) is 76.5 cm³/mol. The summed E-state index contributed by atoms with van der Waals surface area (Å²) >= 11 is 2.01. The molecular weight excluding hydrogens is 224 g/mol. The van der Waals surface area contributed by atoms with Gasteiger partial charge in [-0.3, -0.25) is 0 Å². The molecule has 0 bridgehead atoms. The zero-order valence-corrected chi connectivity index (χ0v) is 10.9. The van der Waals surface area contributed by atoms with Crippen LogP contribution in [0, 0.1) is 0 Å². The summed E-state index contributed by atoms with van der Waals surface area (Å²) in [6.07, 6.45) is 1.12. The number of benzene rings is 2. The summed E-state index contributed by atoms with van der Waals surface area (Å²) in [5.74, 6) is 2.34. The van der Waals surface area contributed by atoms with Gasteiger partial charge in [0, 0.05) is 5.75 Å². The standard InChI is InChI=1S/C16H16S/c1-2-17-11-13-7-5-9-15-14-8-4-3-6-12(14)10-16(13)15/h3-9H,2,10-11H2,1H3. The fourth-order valence-corrected chi connectivity index (χ4v) is 3.27. The SMILES string of the molecule is CCSCc1cccc2c1Cc1ccccc1-2. The summed E-state index contributed by atoms with van der Waals surface area (Å²) in [7, 11) is 0. The van der Waals surface area contributed by atoms with Gasteiger partial charge in [-0.1, -0.05) is 49.4 Å². The van der Waals surface area contributed by atoms with E-state index in [4.69, 9.17) is 0 Å². The molecule has 0 fully saturated rings. The Hall–Kier alpha value is -1.21. The van der Waals surface area contributed by atoms with Gasteiger partial charge >= 0.3 is 0 Å². The highest BCUT2D eigenvalue weighted by Gasteiger charge is 2.19. The van der Waals surface area contributed by atoms with Crippen molar-refractivity contribution in [3.05, 3.63) is 59.2 Å². The molecule has 0 amide bonds. The molecule has 2 aromatic rings. The van der Waals surface area contributed by atoms with Crippen LogP contribution in [-0.4, -0.2) is 5.75 Å². The molecule has 17 heavy (non-hydrogen) atoms. The van der Waals surface area contributed by atoms with Gasteiger partial charge in [0.1, 0.15) is 0 Å². The van der Waals surface area contributed by atoms with Gasteiger partial charge in [0.25, 0.3) is 0 Å². The number of hydrogen-bond donors (Lipinski definition) is 0. The van der Waals surface area contributed by atoms with Gasteiger partial charge in [0.2, 0.25) is 0 Å². The molecule has 0 atom stereocenters. The largest absolute Gasteiger partial charge is 0.157 e. The summed E-state index contributed by atoms with van der Waals surface area (Å²) < 4.78 is 0. The normalized spacial score (nSPS) is 12.3. The Balaban J connectivity index is 2.05. The van der Waals surface area contributed by atoms with E-state index in [1.54, 1.807) is 5.56 Å². The van der Waals surface area contributed by atoms with Crippen LogP contribution in [0.15, 0.2) is 42.5 Å². The second kappa shape index (κ2) is 4.58. The van der Waals surface area contributed by atoms with Crippen LogP contribution in [0.5, 0.6) is 0 Å². The third kappa shape index (κ3) is 1.89. The Morgan fingerprint density at radius 2 is 1.82 bits per heavy atom. The molecule has 86 valence electrons. The van der Waals surface area contributed by atoms with Crippen molar-refractivity contribution in [1.82, 2.24) is 0 Å². The third-order valence-corrected chi connectivity index (χ3v) is 4.33. The minimum atomic E-state index is 1.12. The molecule has 0 unspecified atom stereocenters. The molecule has 0 spiro atoms. The zero-order chi connectivity index (χ0) is 11.7. The van der Waals surface area contributed by atoms with Gasteiger partial charge < -0.3 is 0 Å². The topological polar surface area (TPSA) is 0 Å². The van der Waals surface area contributed by atoms with Crippen LogP contribution in [0.3, 0.4) is 0 Å². The van der Waals surface area contributed by atoms with Crippen LogP contribution < -0.4 is 0 Å². The molecule has 0 heterocycles. The van der Waals surface area contributed by atoms with Crippen LogP contribution in [0.25, 0.3) is 11.1 Å². The van der Waals surface area contributed by atoms with Crippen LogP contribution in [0.4, 0.5) is 0 Å². The fraction of sp³-hybridized carbons (Fsp3) is 0.250. The minimum absolute atomic E-state index is 1.12. The van der Waals surface area contributed by atoms with Crippen molar-refractivity contribution in [2.45, 2.75) is 19.1 Å². The monoisotopic (exact) mass is 240 g/mol. The molecule has 1 aliphatic rings. The zero-order valence-electron chi connectivity index (χ0n) is 10.1. The highest BCUT2D eigenvalue weighted by atomic mass is 32.2. The molecule has 3 rings (SSSR count). The van der Waals surface area contributed by atoms with E-state index in [1.165, 1.54) is 28.0 Å². The summed E-state index contributed by atoms with van der Waals surface area (Å²) in [6, 6.07) is 15.5. The van der Waals surface area contributed by atoms with Gasteiger partial charge in [-0.05, 0) is 40.0 Å². The molecule has 0 radical (unpaired) electrons. The van der Waals surface area contributed by atoms with Crippen molar-refractivity contribution < 1.29 is 0 Å². The van der Waals surface area contributed by atoms with Crippen LogP contribution in [0.1, 0.15) is 23.6 Å². The summed E-state index contributed by atoms with van der Waals surface area (Å²) in [5.41, 5.74) is 7.44. The summed E-state index contributed by atoms with van der Waals surface area (Å²) in [6.45, 7) is 2.22. The average Bonchev–Trinajstić information content (AvgIpc) is 2.75. The van der Waals surface area contributed by atoms with Crippen molar-refractivity contribution >= 4 is 11.8 Å². The van der Waals surface area contributed by atoms with Gasteiger partial charge in [0.15, 0.2) is 0 Å². The Labute approximate surface area is 107 Å². The molecule has 0 nitrogen and oxygen atoms in total. The molecule has 1 heteroatoms. The molecule has 0 aliphatic heterocycles. The van der Waals surface area contributed by atoms with Gasteiger partial charge in [-0.25, -0.2) is 0 Å². The fourth-order valence-electron chi connectivity index (χ4n) is 2.57. The summed E-state index contributed by atoms with van der Waals surface area (Å²) in [5, 5.41) is 0. The van der Waals surface area contributed by atoms with Gasteiger partial charge in [-0.15, -0.1) is 0 Å². The Morgan fingerprint density at radius 1 is 1.00 bits per heavy atom. The lowest BCUT2D eigenvalue weighted by molar-refractivity contribution is 1.20. The van der Waals surface area contributed by atoms with Gasteiger partial charge in [-0.2, -0.15) is 11.8 Å². The van der Waals surface area contributed by atoms with E-state index < -0.39 is 0 Å². The average molecular weight is 240 g/mol. The van der Waals surface area contributed by atoms with Crippen molar-refractivity contribution in [2.24, 2.45) is 0 Å². The second-order valence-corrected chi connectivity index (χ2v) is 5.69. The molecular formula is C16H16S. The minimum Gasteiger partial charge on any atom is -0.157 e. The van der Waals surface area contributed by atoms with Crippen LogP contribution >= 0.6 is 11.8 Å². The van der Waals surface area contributed by atoms with Crippen LogP contribution in [0.2, 0.25) is 0 Å². The maximum atomic E-state index is 2.29. The third-order valence-electron chi connectivity index (χ3n) is 3.41. The van der Waals surface area contributed by atoms with E-state index in [-0.39, 0.29) is 0 Å². The summed E-state index contributed by atoms with van der Waals surface area (Å²) in [4.78, 5) is 0. The molecule has 0 saturated heterocycles. The lowest BCUT2D eigenvalue weighted by Crippen LogP contribution is -1.90. The Morgan fingerprint density at radius 3 is 2.71 bits per heavy atom. The molecule has 0 N–H and O–H groups in total. The first-order valence-corrected chi connectivity index (χ1v) is 7.32. The Kier molecular flexibility index (Phi) is 2.94. The highest BCUT2D eigenvalue weighted by Crippen LogP contribution is 2.38. The van der Waals surface area contributed by atoms with E-state index in [0.29, 0.717) is 0 Å². The van der Waals surface area contributed by atoms with Gasteiger partial charge in [0.05, 0.1) is 0 Å². The van der Waals surface area contributed by atoms with E-state index in [9.17, 15) is 0 Å². The smallest absolute Gasteiger partial charge is 0.0187 e. The molecule has 0 aromatic heterocycles. The first-order valence-electron chi connectivity index (χ1n) is 6.17. The van der Waals surface area contributed by atoms with E-state index in [2.05, 4.69) is 49.4 Å². The quantitative estimate of drug-likeness (QED) is 0.649. The number of fused-ring (bicyclic) bond motifs is 3. The van der Waals surface area contributed by atoms with Crippen molar-refractivity contribution in [3.8, 4) is 11.1 Å². The highest BCUT2D eigenvalue weighted by molar-refractivity contribution is 7.98. The predicted octanol–water partition coefficient (Wildman–Crippen LogP) is 4.51. The number of thioether (sulfide) groups is 1. The molecule has 2 aromatic carbocycles. The van der Waals surface area contributed by atoms with E-state index in [1.807, 2.05) is 11.8 Å². The molecule has 1 aliphatic carbocycles. The van der Waals surface area contributed by atoms with E-state index in [0.717, 1.165) is 12.2 Å². The number of hydrogen-bond acceptors (Lipinski definition) is 1. The maximum absolute atomic E-state index is 2.29. The first-order chi connectivity index (χ1) is 8.40. The van der Waals surface area contributed by atoms with Crippen molar-refractivity contribution in [2.75, 3.05) is 5.75 Å². The second-order valence-electron chi connectivity index (χ2n) is 4.41. The van der Waals surface area contributed by atoms with E-state index >= 15 is 0 Å². The van der Waals surface area contributed by atoms with Crippen molar-refractivity contribution in [3.63, 3.8) is 0 Å². The molecule has 0 saturated carbocycles. The number of rotatable bonds is 3. The van der Waals surface area contributed by atoms with Crippen LogP contribution in [-0.2, 0) is 12.2 Å². The Bertz CT molecular complexity index is 543. The first kappa shape index (κ1) is 10.9.